The summed E-state index contributed by atoms with van der Waals surface area (Å²) in [6, 6.07) is 0. The van der Waals surface area contributed by atoms with Gasteiger partial charge in [-0.25, -0.2) is 8.78 Å². The molecule has 0 heterocycles. The molecule has 0 aromatic heterocycles. The van der Waals surface area contributed by atoms with Gasteiger partial charge in [-0.15, -0.1) is 0 Å². The van der Waals surface area contributed by atoms with E-state index in [0.717, 1.165) is 0 Å². The van der Waals surface area contributed by atoms with Crippen LogP contribution in [0.4, 0.5) is 8.78 Å². The fourth-order valence-electron chi connectivity index (χ4n) is 0.401. The monoisotopic (exact) mass is 264 g/mol. The Labute approximate surface area is 70.3 Å². The van der Waals surface area contributed by atoms with Crippen molar-refractivity contribution in [3.8, 4) is 0 Å². The molecule has 0 spiro atoms. The molecule has 0 nitrogen and oxygen atoms in total. The standard InChI is InChI=1S/C5H8Br2F2/c6-3-1-5(8,9)2-4-7/h1-4H2. The van der Waals surface area contributed by atoms with Gasteiger partial charge in [0.05, 0.1) is 0 Å². The highest BCUT2D eigenvalue weighted by molar-refractivity contribution is 9.09. The maximum absolute atomic E-state index is 12.4. The third-order valence-electron chi connectivity index (χ3n) is 0.921. The van der Waals surface area contributed by atoms with E-state index in [1.807, 2.05) is 0 Å². The van der Waals surface area contributed by atoms with Gasteiger partial charge in [-0.3, -0.25) is 0 Å². The van der Waals surface area contributed by atoms with Gasteiger partial charge in [0.2, 0.25) is 5.92 Å². The fourth-order valence-corrected chi connectivity index (χ4v) is 1.56. The van der Waals surface area contributed by atoms with Crippen LogP contribution in [0.3, 0.4) is 0 Å². The lowest BCUT2D eigenvalue weighted by molar-refractivity contribution is -0.00345. The van der Waals surface area contributed by atoms with Crippen LogP contribution in [0.5, 0.6) is 0 Å². The molecule has 0 amide bonds. The van der Waals surface area contributed by atoms with Crippen LogP contribution in [0.25, 0.3) is 0 Å². The lowest BCUT2D eigenvalue weighted by Crippen LogP contribution is -2.16. The molecule has 0 atom stereocenters. The molecule has 4 heteroatoms. The zero-order chi connectivity index (χ0) is 7.33. The molecule has 0 aromatic carbocycles. The van der Waals surface area contributed by atoms with Crippen LogP contribution in [0.15, 0.2) is 0 Å². The molecule has 0 aliphatic carbocycles. The van der Waals surface area contributed by atoms with Crippen molar-refractivity contribution in [3.05, 3.63) is 0 Å². The molecule has 9 heavy (non-hydrogen) atoms. The normalized spacial score (nSPS) is 12.0. The first-order valence-corrected chi connectivity index (χ1v) is 4.86. The van der Waals surface area contributed by atoms with Gasteiger partial charge < -0.3 is 0 Å². The molecule has 0 unspecified atom stereocenters. The topological polar surface area (TPSA) is 0 Å². The summed E-state index contributed by atoms with van der Waals surface area (Å²) in [5.41, 5.74) is 0. The van der Waals surface area contributed by atoms with Gasteiger partial charge in [0.1, 0.15) is 0 Å². The Morgan fingerprint density at radius 3 is 1.56 bits per heavy atom. The second-order valence-electron chi connectivity index (χ2n) is 1.73. The molecular weight excluding hydrogens is 258 g/mol. The number of hydrogen-bond acceptors (Lipinski definition) is 0. The van der Waals surface area contributed by atoms with E-state index >= 15 is 0 Å². The molecule has 0 saturated heterocycles. The molecule has 0 rings (SSSR count). The zero-order valence-electron chi connectivity index (χ0n) is 4.84. The number of hydrogen-bond donors (Lipinski definition) is 0. The van der Waals surface area contributed by atoms with E-state index in [4.69, 9.17) is 0 Å². The number of rotatable bonds is 4. The Bertz CT molecular complexity index is 67.4. The Morgan fingerprint density at radius 2 is 1.33 bits per heavy atom. The van der Waals surface area contributed by atoms with Crippen molar-refractivity contribution in [2.45, 2.75) is 18.8 Å². The van der Waals surface area contributed by atoms with Crippen molar-refractivity contribution in [2.75, 3.05) is 10.7 Å². The van der Waals surface area contributed by atoms with E-state index in [0.29, 0.717) is 10.7 Å². The predicted molar refractivity (Wildman–Crippen MR) is 41.8 cm³/mol. The van der Waals surface area contributed by atoms with Crippen molar-refractivity contribution in [3.63, 3.8) is 0 Å². The summed E-state index contributed by atoms with van der Waals surface area (Å²) >= 11 is 5.92. The molecule has 0 fully saturated rings. The van der Waals surface area contributed by atoms with Gasteiger partial charge in [-0.1, -0.05) is 31.9 Å². The minimum atomic E-state index is -2.49. The second-order valence-corrected chi connectivity index (χ2v) is 3.32. The van der Waals surface area contributed by atoms with Gasteiger partial charge >= 0.3 is 0 Å². The van der Waals surface area contributed by atoms with Crippen LogP contribution in [-0.4, -0.2) is 16.6 Å². The average Bonchev–Trinajstić information content (AvgIpc) is 1.64. The van der Waals surface area contributed by atoms with Gasteiger partial charge in [0.25, 0.3) is 0 Å². The summed E-state index contributed by atoms with van der Waals surface area (Å²) in [5.74, 6) is -2.49. The van der Waals surface area contributed by atoms with Crippen molar-refractivity contribution in [1.82, 2.24) is 0 Å². The maximum atomic E-state index is 12.4. The summed E-state index contributed by atoms with van der Waals surface area (Å²) in [6.07, 6.45) is -0.142. The Kier molecular flexibility index (Phi) is 5.03. The Morgan fingerprint density at radius 1 is 1.00 bits per heavy atom. The predicted octanol–water partition coefficient (Wildman–Crippen LogP) is 3.19. The first-order chi connectivity index (χ1) is 4.12. The van der Waals surface area contributed by atoms with Gasteiger partial charge in [0.15, 0.2) is 0 Å². The van der Waals surface area contributed by atoms with Crippen molar-refractivity contribution < 1.29 is 8.78 Å². The van der Waals surface area contributed by atoms with Gasteiger partial charge in [-0.2, -0.15) is 0 Å². The van der Waals surface area contributed by atoms with Crippen LogP contribution in [0, 0.1) is 0 Å². The first-order valence-electron chi connectivity index (χ1n) is 2.62. The van der Waals surface area contributed by atoms with Crippen molar-refractivity contribution in [1.29, 1.82) is 0 Å². The van der Waals surface area contributed by atoms with Crippen molar-refractivity contribution >= 4 is 31.9 Å². The highest BCUT2D eigenvalue weighted by atomic mass is 79.9. The minimum absolute atomic E-state index is 0.0708. The molecule has 56 valence electrons. The highest BCUT2D eigenvalue weighted by Gasteiger charge is 2.26. The van der Waals surface area contributed by atoms with Crippen LogP contribution in [0.2, 0.25) is 0 Å². The maximum Gasteiger partial charge on any atom is 0.249 e. The fraction of sp³-hybridized carbons (Fsp3) is 1.00. The molecular formula is C5H8Br2F2. The smallest absolute Gasteiger partial charge is 0.207 e. The molecule has 0 saturated carbocycles. The van der Waals surface area contributed by atoms with E-state index in [-0.39, 0.29) is 12.8 Å². The first kappa shape index (κ1) is 9.82. The zero-order valence-corrected chi connectivity index (χ0v) is 8.01. The van der Waals surface area contributed by atoms with E-state index in [1.54, 1.807) is 0 Å². The Hall–Kier alpha value is 0.820. The summed E-state index contributed by atoms with van der Waals surface area (Å²) < 4.78 is 24.7. The lowest BCUT2D eigenvalue weighted by Gasteiger charge is -2.11. The largest absolute Gasteiger partial charge is 0.249 e. The van der Waals surface area contributed by atoms with Crippen LogP contribution in [0.1, 0.15) is 12.8 Å². The van der Waals surface area contributed by atoms with Crippen LogP contribution < -0.4 is 0 Å². The molecule has 0 aliphatic heterocycles. The van der Waals surface area contributed by atoms with Crippen LogP contribution in [-0.2, 0) is 0 Å². The van der Waals surface area contributed by atoms with Crippen molar-refractivity contribution in [2.24, 2.45) is 0 Å². The average molecular weight is 266 g/mol. The highest BCUT2D eigenvalue weighted by Crippen LogP contribution is 2.24. The van der Waals surface area contributed by atoms with Crippen LogP contribution >= 0.6 is 31.9 Å². The summed E-state index contributed by atoms with van der Waals surface area (Å²) in [5, 5.41) is 0.736. The summed E-state index contributed by atoms with van der Waals surface area (Å²) in [7, 11) is 0. The van der Waals surface area contributed by atoms with E-state index < -0.39 is 5.92 Å². The van der Waals surface area contributed by atoms with Gasteiger partial charge in [0, 0.05) is 23.5 Å². The summed E-state index contributed by atoms with van der Waals surface area (Å²) in [4.78, 5) is 0. The van der Waals surface area contributed by atoms with E-state index in [2.05, 4.69) is 31.9 Å². The molecule has 0 aliphatic rings. The molecule has 0 bridgehead atoms. The Balaban J connectivity index is 3.43. The van der Waals surface area contributed by atoms with E-state index in [9.17, 15) is 8.78 Å². The SMILES string of the molecule is FC(F)(CCBr)CCBr. The van der Waals surface area contributed by atoms with Gasteiger partial charge in [-0.05, 0) is 0 Å². The number of halogens is 4. The van der Waals surface area contributed by atoms with E-state index in [1.165, 1.54) is 0 Å². The molecule has 0 aromatic rings. The third-order valence-corrected chi connectivity index (χ3v) is 1.71. The number of alkyl halides is 4. The molecule has 0 radical (unpaired) electrons. The lowest BCUT2D eigenvalue weighted by atomic mass is 10.2. The summed E-state index contributed by atoms with van der Waals surface area (Å²) in [6.45, 7) is 0. The second kappa shape index (κ2) is 4.61. The third kappa shape index (κ3) is 5.27. The minimum Gasteiger partial charge on any atom is -0.207 e. The molecule has 0 N–H and O–H groups in total. The quantitative estimate of drug-likeness (QED) is 0.685.